The minimum absolute atomic E-state index is 0.0107. The van der Waals surface area contributed by atoms with Crippen LogP contribution in [0.15, 0.2) is 82.7 Å². The van der Waals surface area contributed by atoms with E-state index < -0.39 is 4.92 Å². The molecule has 0 saturated carbocycles. The summed E-state index contributed by atoms with van der Waals surface area (Å²) in [5, 5.41) is 12.8. The molecule has 1 aliphatic rings. The van der Waals surface area contributed by atoms with E-state index in [1.807, 2.05) is 45.0 Å². The van der Waals surface area contributed by atoms with Crippen molar-refractivity contribution >= 4 is 80.8 Å². The molecular formula is C33H26Cl3N3O5S. The number of non-ortho nitro benzene ring substituents is 1. The number of aryl methyl sites for hydroxylation is 2. The van der Waals surface area contributed by atoms with E-state index >= 15 is 0 Å². The van der Waals surface area contributed by atoms with Crippen molar-refractivity contribution < 1.29 is 19.2 Å². The molecule has 0 aliphatic carbocycles. The summed E-state index contributed by atoms with van der Waals surface area (Å²) < 4.78 is 11.8. The molecule has 0 bridgehead atoms. The number of amidine groups is 1. The van der Waals surface area contributed by atoms with Gasteiger partial charge in [-0.3, -0.25) is 19.8 Å². The molecule has 1 heterocycles. The molecule has 0 spiro atoms. The lowest BCUT2D eigenvalue weighted by molar-refractivity contribution is -0.384. The number of nitrogens with zero attached hydrogens (tertiary/aromatic N) is 3. The zero-order chi connectivity index (χ0) is 32.2. The number of halogens is 3. The van der Waals surface area contributed by atoms with Crippen molar-refractivity contribution in [3.63, 3.8) is 0 Å². The van der Waals surface area contributed by atoms with Gasteiger partial charge in [-0.25, -0.2) is 4.99 Å². The normalized spacial score (nSPS) is 14.8. The predicted molar refractivity (Wildman–Crippen MR) is 183 cm³/mol. The van der Waals surface area contributed by atoms with Crippen LogP contribution >= 0.6 is 46.6 Å². The molecule has 12 heteroatoms. The average Bonchev–Trinajstić information content (AvgIpc) is 3.30. The lowest BCUT2D eigenvalue weighted by Crippen LogP contribution is -2.28. The van der Waals surface area contributed by atoms with Crippen LogP contribution in [0, 0.1) is 24.0 Å². The number of hydrogen-bond acceptors (Lipinski definition) is 7. The maximum Gasteiger partial charge on any atom is 0.271 e. The zero-order valence-electron chi connectivity index (χ0n) is 24.3. The van der Waals surface area contributed by atoms with Crippen LogP contribution in [0.1, 0.15) is 29.2 Å². The summed E-state index contributed by atoms with van der Waals surface area (Å²) in [6, 6.07) is 20.3. The van der Waals surface area contributed by atoms with E-state index in [4.69, 9.17) is 49.3 Å². The number of amides is 1. The van der Waals surface area contributed by atoms with Gasteiger partial charge < -0.3 is 9.47 Å². The Balaban J connectivity index is 1.48. The number of hydrogen-bond donors (Lipinski definition) is 0. The van der Waals surface area contributed by atoms with Crippen LogP contribution in [0.4, 0.5) is 17.1 Å². The Bertz CT molecular complexity index is 1860. The fourth-order valence-electron chi connectivity index (χ4n) is 4.35. The summed E-state index contributed by atoms with van der Waals surface area (Å²) in [5.74, 6) is 0.419. The fraction of sp³-hybridized carbons (Fsp3) is 0.152. The Kier molecular flexibility index (Phi) is 10.0. The molecule has 0 N–H and O–H groups in total. The molecule has 0 atom stereocenters. The maximum absolute atomic E-state index is 13.9. The van der Waals surface area contributed by atoms with Gasteiger partial charge >= 0.3 is 0 Å². The van der Waals surface area contributed by atoms with Gasteiger partial charge in [-0.05, 0) is 109 Å². The molecule has 0 unspecified atom stereocenters. The number of anilines is 1. The average molecular weight is 683 g/mol. The van der Waals surface area contributed by atoms with Crippen molar-refractivity contribution in [1.82, 2.24) is 0 Å². The third kappa shape index (κ3) is 7.45. The first-order chi connectivity index (χ1) is 21.5. The highest BCUT2D eigenvalue weighted by Gasteiger charge is 2.35. The van der Waals surface area contributed by atoms with Crippen LogP contribution < -0.4 is 14.4 Å². The monoisotopic (exact) mass is 681 g/mol. The Labute approximate surface area is 279 Å². The van der Waals surface area contributed by atoms with Gasteiger partial charge in [0, 0.05) is 22.2 Å². The van der Waals surface area contributed by atoms with E-state index in [2.05, 4.69) is 0 Å². The molecule has 8 nitrogen and oxygen atoms in total. The second-order valence-electron chi connectivity index (χ2n) is 9.99. The van der Waals surface area contributed by atoms with Crippen molar-refractivity contribution in [2.24, 2.45) is 4.99 Å². The molecule has 45 heavy (non-hydrogen) atoms. The topological polar surface area (TPSA) is 94.3 Å². The SMILES string of the molecule is CCOc1cc(/C=C2/SC(=Nc3ccc(C)c(Cl)c3)N(c3ccc(C)c(Cl)c3)C2=O)cc(Cl)c1OCc1ccc([N+](=O)[O-])cc1. The van der Waals surface area contributed by atoms with E-state index in [0.717, 1.165) is 16.7 Å². The minimum atomic E-state index is -0.461. The van der Waals surface area contributed by atoms with Gasteiger partial charge in [-0.1, -0.05) is 46.9 Å². The van der Waals surface area contributed by atoms with Crippen LogP contribution in [-0.2, 0) is 11.4 Å². The Morgan fingerprint density at radius 3 is 2.24 bits per heavy atom. The van der Waals surface area contributed by atoms with Crippen molar-refractivity contribution in [2.45, 2.75) is 27.4 Å². The second kappa shape index (κ2) is 14.0. The molecule has 5 rings (SSSR count). The molecular weight excluding hydrogens is 657 g/mol. The number of ether oxygens (including phenoxy) is 2. The molecule has 1 amide bonds. The summed E-state index contributed by atoms with van der Waals surface area (Å²) in [4.78, 5) is 31.1. The van der Waals surface area contributed by atoms with Gasteiger partial charge in [0.25, 0.3) is 11.6 Å². The van der Waals surface area contributed by atoms with Crippen LogP contribution in [0.5, 0.6) is 11.5 Å². The number of nitro benzene ring substituents is 1. The number of nitro groups is 1. The highest BCUT2D eigenvalue weighted by atomic mass is 35.5. The highest BCUT2D eigenvalue weighted by molar-refractivity contribution is 8.19. The van der Waals surface area contributed by atoms with Crippen LogP contribution in [0.3, 0.4) is 0 Å². The van der Waals surface area contributed by atoms with Crippen LogP contribution in [0.25, 0.3) is 6.08 Å². The molecule has 0 aromatic heterocycles. The fourth-order valence-corrected chi connectivity index (χ4v) is 5.98. The summed E-state index contributed by atoms with van der Waals surface area (Å²) in [5.41, 5.74) is 4.30. The molecule has 4 aromatic carbocycles. The van der Waals surface area contributed by atoms with Crippen LogP contribution in [0.2, 0.25) is 15.1 Å². The van der Waals surface area contributed by atoms with Crippen molar-refractivity contribution in [2.75, 3.05) is 11.5 Å². The molecule has 1 fully saturated rings. The number of carbonyl (C=O) groups is 1. The third-order valence-electron chi connectivity index (χ3n) is 6.76. The van der Waals surface area contributed by atoms with Gasteiger partial charge in [0.2, 0.25) is 0 Å². The summed E-state index contributed by atoms with van der Waals surface area (Å²) in [6.45, 7) is 6.09. The number of rotatable bonds is 9. The maximum atomic E-state index is 13.9. The van der Waals surface area contributed by atoms with Crippen LogP contribution in [-0.4, -0.2) is 22.6 Å². The lowest BCUT2D eigenvalue weighted by Gasteiger charge is -2.17. The molecule has 1 aliphatic heterocycles. The van der Waals surface area contributed by atoms with Gasteiger partial charge in [0.05, 0.1) is 32.8 Å². The number of carbonyl (C=O) groups excluding carboxylic acids is 1. The molecule has 0 radical (unpaired) electrons. The summed E-state index contributed by atoms with van der Waals surface area (Å²) >= 11 is 20.7. The largest absolute Gasteiger partial charge is 0.490 e. The van der Waals surface area contributed by atoms with Gasteiger partial charge in [-0.2, -0.15) is 0 Å². The van der Waals surface area contributed by atoms with Gasteiger partial charge in [0.15, 0.2) is 16.7 Å². The van der Waals surface area contributed by atoms with Gasteiger partial charge in [0.1, 0.15) is 6.61 Å². The second-order valence-corrected chi connectivity index (χ2v) is 12.2. The molecule has 1 saturated heterocycles. The van der Waals surface area contributed by atoms with E-state index in [9.17, 15) is 14.9 Å². The van der Waals surface area contributed by atoms with Crippen molar-refractivity contribution in [1.29, 1.82) is 0 Å². The predicted octanol–water partition coefficient (Wildman–Crippen LogP) is 9.96. The smallest absolute Gasteiger partial charge is 0.271 e. The van der Waals surface area contributed by atoms with E-state index in [-0.39, 0.29) is 23.2 Å². The molecule has 230 valence electrons. The minimum Gasteiger partial charge on any atom is -0.490 e. The first-order valence-electron chi connectivity index (χ1n) is 13.7. The summed E-state index contributed by atoms with van der Waals surface area (Å²) in [7, 11) is 0. The summed E-state index contributed by atoms with van der Waals surface area (Å²) in [6.07, 6.45) is 1.72. The number of thioether (sulfide) groups is 1. The molecule has 4 aromatic rings. The van der Waals surface area contributed by atoms with Gasteiger partial charge in [-0.15, -0.1) is 0 Å². The first kappa shape index (κ1) is 32.4. The Hall–Kier alpha value is -4.02. The van der Waals surface area contributed by atoms with Crippen molar-refractivity contribution in [3.8, 4) is 11.5 Å². The Morgan fingerprint density at radius 1 is 0.911 bits per heavy atom. The van der Waals surface area contributed by atoms with E-state index in [1.54, 1.807) is 42.5 Å². The number of aliphatic imine (C=N–C) groups is 1. The zero-order valence-corrected chi connectivity index (χ0v) is 27.4. The van der Waals surface area contributed by atoms with E-state index in [0.29, 0.717) is 55.2 Å². The standard InChI is InChI=1S/C33H26Cl3N3O5S/c1-4-43-29-14-22(13-28(36)31(29)44-18-21-7-11-24(12-8-21)39(41)42)15-30-32(40)38(25-10-6-20(3)27(35)17-25)33(45-30)37-23-9-5-19(2)26(34)16-23/h5-17H,4,18H2,1-3H3/b30-15+,37-33?. The highest BCUT2D eigenvalue weighted by Crippen LogP contribution is 2.42. The third-order valence-corrected chi connectivity index (χ3v) is 8.82. The van der Waals surface area contributed by atoms with Crippen molar-refractivity contribution in [3.05, 3.63) is 125 Å². The number of benzene rings is 4. The van der Waals surface area contributed by atoms with E-state index in [1.165, 1.54) is 28.8 Å². The quantitative estimate of drug-likeness (QED) is 0.0991. The lowest BCUT2D eigenvalue weighted by atomic mass is 10.1. The first-order valence-corrected chi connectivity index (χ1v) is 15.7. The Morgan fingerprint density at radius 2 is 1.60 bits per heavy atom.